The molecule has 0 spiro atoms. The molecule has 3 heteroatoms. The first-order valence-corrected chi connectivity index (χ1v) is 7.51. The summed E-state index contributed by atoms with van der Waals surface area (Å²) in [6.45, 7) is 7.37. The molecule has 2 atom stereocenters. The van der Waals surface area contributed by atoms with Crippen LogP contribution in [0.15, 0.2) is 18.2 Å². The highest BCUT2D eigenvalue weighted by Crippen LogP contribution is 2.27. The van der Waals surface area contributed by atoms with E-state index in [2.05, 4.69) is 31.1 Å². The normalized spacial score (nSPS) is 23.6. The van der Waals surface area contributed by atoms with Gasteiger partial charge in [-0.15, -0.1) is 0 Å². The quantitative estimate of drug-likeness (QED) is 0.881. The molecule has 19 heavy (non-hydrogen) atoms. The first-order chi connectivity index (χ1) is 9.15. The largest absolute Gasteiger partial charge is 0.474 e. The van der Waals surface area contributed by atoms with Gasteiger partial charge in [0.05, 0.1) is 5.69 Å². The van der Waals surface area contributed by atoms with E-state index in [9.17, 15) is 0 Å². The van der Waals surface area contributed by atoms with Crippen LogP contribution >= 0.6 is 0 Å². The predicted octanol–water partition coefficient (Wildman–Crippen LogP) is 3.54. The van der Waals surface area contributed by atoms with Gasteiger partial charge in [-0.25, -0.2) is 4.98 Å². The molecule has 106 valence electrons. The number of pyridine rings is 1. The molecule has 1 N–H and O–H groups in total. The SMILES string of the molecule is CC(C)NCc1cccc(OC2CCCCC2C)n1. The summed E-state index contributed by atoms with van der Waals surface area (Å²) in [5.41, 5.74) is 1.05. The Kier molecular flexibility index (Phi) is 5.20. The van der Waals surface area contributed by atoms with Crippen LogP contribution in [0.3, 0.4) is 0 Å². The molecule has 1 fully saturated rings. The van der Waals surface area contributed by atoms with Gasteiger partial charge in [0.1, 0.15) is 6.10 Å². The van der Waals surface area contributed by atoms with Crippen molar-refractivity contribution < 1.29 is 4.74 Å². The van der Waals surface area contributed by atoms with Crippen molar-refractivity contribution in [3.8, 4) is 5.88 Å². The second kappa shape index (κ2) is 6.90. The highest BCUT2D eigenvalue weighted by molar-refractivity contribution is 5.16. The van der Waals surface area contributed by atoms with Gasteiger partial charge in [0.2, 0.25) is 5.88 Å². The van der Waals surface area contributed by atoms with E-state index in [-0.39, 0.29) is 0 Å². The summed E-state index contributed by atoms with van der Waals surface area (Å²) in [7, 11) is 0. The highest BCUT2D eigenvalue weighted by Gasteiger charge is 2.23. The zero-order chi connectivity index (χ0) is 13.7. The molecule has 1 aliphatic rings. The molecule has 1 aromatic heterocycles. The fourth-order valence-corrected chi connectivity index (χ4v) is 2.54. The monoisotopic (exact) mass is 262 g/mol. The van der Waals surface area contributed by atoms with Crippen LogP contribution in [0.1, 0.15) is 52.1 Å². The third kappa shape index (κ3) is 4.50. The third-order valence-electron chi connectivity index (χ3n) is 3.78. The van der Waals surface area contributed by atoms with Crippen LogP contribution in [-0.2, 0) is 6.54 Å². The summed E-state index contributed by atoms with van der Waals surface area (Å²) in [6.07, 6.45) is 5.40. The van der Waals surface area contributed by atoms with E-state index in [1.54, 1.807) is 0 Å². The molecular weight excluding hydrogens is 236 g/mol. The van der Waals surface area contributed by atoms with Crippen LogP contribution in [0.25, 0.3) is 0 Å². The summed E-state index contributed by atoms with van der Waals surface area (Å²) in [4.78, 5) is 4.59. The number of nitrogens with zero attached hydrogens (tertiary/aromatic N) is 1. The Morgan fingerprint density at radius 3 is 2.84 bits per heavy atom. The van der Waals surface area contributed by atoms with E-state index < -0.39 is 0 Å². The number of hydrogen-bond donors (Lipinski definition) is 1. The smallest absolute Gasteiger partial charge is 0.213 e. The summed E-state index contributed by atoms with van der Waals surface area (Å²) >= 11 is 0. The number of rotatable bonds is 5. The molecule has 0 amide bonds. The molecule has 0 radical (unpaired) electrons. The first-order valence-electron chi connectivity index (χ1n) is 7.51. The molecule has 1 aromatic rings. The molecule has 1 saturated carbocycles. The number of nitrogens with one attached hydrogen (secondary N) is 1. The minimum absolute atomic E-state index is 0.342. The Morgan fingerprint density at radius 2 is 2.11 bits per heavy atom. The van der Waals surface area contributed by atoms with Crippen LogP contribution in [0, 0.1) is 5.92 Å². The van der Waals surface area contributed by atoms with Crippen molar-refractivity contribution in [1.29, 1.82) is 0 Å². The Hall–Kier alpha value is -1.09. The standard InChI is InChI=1S/C16H26N2O/c1-12(2)17-11-14-8-6-10-16(18-14)19-15-9-5-4-7-13(15)3/h6,8,10,12-13,15,17H,4-5,7,9,11H2,1-3H3. The number of ether oxygens (including phenoxy) is 1. The van der Waals surface area contributed by atoms with Crippen molar-refractivity contribution in [3.63, 3.8) is 0 Å². The number of hydrogen-bond acceptors (Lipinski definition) is 3. The molecule has 0 saturated heterocycles. The molecule has 0 aliphatic heterocycles. The molecule has 2 unspecified atom stereocenters. The van der Waals surface area contributed by atoms with E-state index in [4.69, 9.17) is 4.74 Å². The van der Waals surface area contributed by atoms with Crippen LogP contribution in [0.5, 0.6) is 5.88 Å². The van der Waals surface area contributed by atoms with Crippen LogP contribution < -0.4 is 10.1 Å². The highest BCUT2D eigenvalue weighted by atomic mass is 16.5. The van der Waals surface area contributed by atoms with Crippen molar-refractivity contribution in [2.75, 3.05) is 0 Å². The first kappa shape index (κ1) is 14.3. The fraction of sp³-hybridized carbons (Fsp3) is 0.688. The average Bonchev–Trinajstić information content (AvgIpc) is 2.40. The lowest BCUT2D eigenvalue weighted by molar-refractivity contribution is 0.0973. The van der Waals surface area contributed by atoms with Gasteiger partial charge in [-0.2, -0.15) is 0 Å². The Bertz CT molecular complexity index is 392. The van der Waals surface area contributed by atoms with Crippen LogP contribution in [-0.4, -0.2) is 17.1 Å². The van der Waals surface area contributed by atoms with Gasteiger partial charge in [0.25, 0.3) is 0 Å². The average molecular weight is 262 g/mol. The zero-order valence-electron chi connectivity index (χ0n) is 12.4. The Balaban J connectivity index is 1.94. The second-order valence-electron chi connectivity index (χ2n) is 5.92. The maximum absolute atomic E-state index is 6.08. The van der Waals surface area contributed by atoms with Crippen molar-refractivity contribution in [2.24, 2.45) is 5.92 Å². The second-order valence-corrected chi connectivity index (χ2v) is 5.92. The van der Waals surface area contributed by atoms with Gasteiger partial charge in [0.15, 0.2) is 0 Å². The van der Waals surface area contributed by atoms with E-state index in [0.717, 1.165) is 24.5 Å². The van der Waals surface area contributed by atoms with Gasteiger partial charge >= 0.3 is 0 Å². The van der Waals surface area contributed by atoms with Crippen molar-refractivity contribution >= 4 is 0 Å². The summed E-state index contributed by atoms with van der Waals surface area (Å²) in [5, 5.41) is 3.38. The van der Waals surface area contributed by atoms with E-state index in [1.165, 1.54) is 19.3 Å². The van der Waals surface area contributed by atoms with Crippen LogP contribution in [0.4, 0.5) is 0 Å². The molecule has 0 bridgehead atoms. The van der Waals surface area contributed by atoms with Gasteiger partial charge in [-0.3, -0.25) is 0 Å². The molecular formula is C16H26N2O. The lowest BCUT2D eigenvalue weighted by atomic mass is 9.88. The van der Waals surface area contributed by atoms with Crippen LogP contribution in [0.2, 0.25) is 0 Å². The third-order valence-corrected chi connectivity index (χ3v) is 3.78. The Morgan fingerprint density at radius 1 is 1.32 bits per heavy atom. The lowest BCUT2D eigenvalue weighted by Crippen LogP contribution is -2.28. The summed E-state index contributed by atoms with van der Waals surface area (Å²) < 4.78 is 6.08. The van der Waals surface area contributed by atoms with Gasteiger partial charge < -0.3 is 10.1 Å². The summed E-state index contributed by atoms with van der Waals surface area (Å²) in [6, 6.07) is 6.53. The molecule has 0 aromatic carbocycles. The molecule has 2 rings (SSSR count). The maximum Gasteiger partial charge on any atom is 0.213 e. The minimum Gasteiger partial charge on any atom is -0.474 e. The van der Waals surface area contributed by atoms with Gasteiger partial charge in [-0.05, 0) is 31.2 Å². The molecule has 1 heterocycles. The Labute approximate surface area is 116 Å². The zero-order valence-corrected chi connectivity index (χ0v) is 12.4. The summed E-state index contributed by atoms with van der Waals surface area (Å²) in [5.74, 6) is 1.43. The topological polar surface area (TPSA) is 34.1 Å². The van der Waals surface area contributed by atoms with Crippen molar-refractivity contribution in [3.05, 3.63) is 23.9 Å². The minimum atomic E-state index is 0.342. The van der Waals surface area contributed by atoms with E-state index >= 15 is 0 Å². The molecule has 1 aliphatic carbocycles. The van der Waals surface area contributed by atoms with Gasteiger partial charge in [0, 0.05) is 18.7 Å². The fourth-order valence-electron chi connectivity index (χ4n) is 2.54. The number of aromatic nitrogens is 1. The maximum atomic E-state index is 6.08. The lowest BCUT2D eigenvalue weighted by Gasteiger charge is -2.28. The van der Waals surface area contributed by atoms with Crippen molar-refractivity contribution in [1.82, 2.24) is 10.3 Å². The molecule has 3 nitrogen and oxygen atoms in total. The van der Waals surface area contributed by atoms with Crippen molar-refractivity contribution in [2.45, 2.75) is 65.1 Å². The predicted molar refractivity (Wildman–Crippen MR) is 78.3 cm³/mol. The van der Waals surface area contributed by atoms with Gasteiger partial charge in [-0.1, -0.05) is 33.3 Å². The van der Waals surface area contributed by atoms with E-state index in [1.807, 2.05) is 18.2 Å². The van der Waals surface area contributed by atoms with E-state index in [0.29, 0.717) is 18.1 Å².